The quantitative estimate of drug-likeness (QED) is 0.228. The van der Waals surface area contributed by atoms with Crippen LogP contribution in [0.25, 0.3) is 11.1 Å². The summed E-state index contributed by atoms with van der Waals surface area (Å²) in [4.78, 5) is 23.1. The van der Waals surface area contributed by atoms with Gasteiger partial charge in [-0.2, -0.15) is 5.26 Å². The molecular formula is C26H21NO5. The largest absolute Gasteiger partial charge is 0.493 e. The summed E-state index contributed by atoms with van der Waals surface area (Å²) in [5.41, 5.74) is 3.17. The lowest BCUT2D eigenvalue weighted by molar-refractivity contribution is -0.132. The van der Waals surface area contributed by atoms with Gasteiger partial charge in [-0.3, -0.25) is 0 Å². The van der Waals surface area contributed by atoms with E-state index in [4.69, 9.17) is 19.8 Å². The first-order valence-corrected chi connectivity index (χ1v) is 9.92. The summed E-state index contributed by atoms with van der Waals surface area (Å²) in [5.74, 6) is -0.428. The van der Waals surface area contributed by atoms with Crippen LogP contribution < -0.4 is 9.47 Å². The van der Waals surface area contributed by atoms with Crippen molar-refractivity contribution in [3.63, 3.8) is 0 Å². The number of nitriles is 1. The normalized spacial score (nSPS) is 10.8. The van der Waals surface area contributed by atoms with Gasteiger partial charge >= 0.3 is 11.9 Å². The molecule has 0 aliphatic carbocycles. The lowest BCUT2D eigenvalue weighted by Gasteiger charge is -2.08. The number of carboxylic acid groups (broad SMARTS) is 1. The summed E-state index contributed by atoms with van der Waals surface area (Å²) in [7, 11) is 0. The second kappa shape index (κ2) is 10.6. The molecule has 0 aromatic heterocycles. The number of carbonyl (C=O) groups is 2. The van der Waals surface area contributed by atoms with Gasteiger partial charge in [0.1, 0.15) is 11.5 Å². The van der Waals surface area contributed by atoms with Gasteiger partial charge in [0, 0.05) is 12.0 Å². The highest BCUT2D eigenvalue weighted by Crippen LogP contribution is 2.23. The van der Waals surface area contributed by atoms with Crippen molar-refractivity contribution in [1.82, 2.24) is 0 Å². The zero-order valence-electron chi connectivity index (χ0n) is 17.4. The van der Waals surface area contributed by atoms with Crippen LogP contribution in [0.4, 0.5) is 0 Å². The number of carboxylic acids is 1. The van der Waals surface area contributed by atoms with E-state index in [1.807, 2.05) is 24.3 Å². The van der Waals surface area contributed by atoms with Crippen molar-refractivity contribution in [2.24, 2.45) is 0 Å². The lowest BCUT2D eigenvalue weighted by atomic mass is 10.0. The first-order valence-electron chi connectivity index (χ1n) is 9.92. The van der Waals surface area contributed by atoms with Gasteiger partial charge in [0.05, 0.1) is 23.8 Å². The van der Waals surface area contributed by atoms with Crippen molar-refractivity contribution < 1.29 is 24.2 Å². The van der Waals surface area contributed by atoms with Crippen molar-refractivity contribution in [2.75, 3.05) is 6.61 Å². The number of ether oxygens (including phenoxy) is 2. The topological polar surface area (TPSA) is 96.6 Å². The molecule has 32 heavy (non-hydrogen) atoms. The Hall–Kier alpha value is -4.37. The first kappa shape index (κ1) is 22.3. The second-order valence-electron chi connectivity index (χ2n) is 6.96. The average Bonchev–Trinajstić information content (AvgIpc) is 2.82. The molecule has 0 amide bonds. The monoisotopic (exact) mass is 427 g/mol. The Bertz CT molecular complexity index is 1150. The van der Waals surface area contributed by atoms with Crippen molar-refractivity contribution in [3.8, 4) is 28.7 Å². The molecule has 0 atom stereocenters. The second-order valence-corrected chi connectivity index (χ2v) is 6.96. The maximum absolute atomic E-state index is 12.4. The predicted octanol–water partition coefficient (Wildman–Crippen LogP) is 5.24. The molecule has 0 fully saturated rings. The van der Waals surface area contributed by atoms with E-state index in [9.17, 15) is 9.59 Å². The third kappa shape index (κ3) is 6.07. The van der Waals surface area contributed by atoms with Crippen LogP contribution in [0.15, 0.2) is 84.4 Å². The highest BCUT2D eigenvalue weighted by Gasteiger charge is 2.09. The number of benzene rings is 3. The van der Waals surface area contributed by atoms with E-state index in [2.05, 4.69) is 6.07 Å². The molecule has 0 aliphatic rings. The Labute approximate surface area is 186 Å². The average molecular weight is 427 g/mol. The number of carbonyl (C=O) groups excluding carboxylic acids is 1. The molecule has 0 aliphatic heterocycles. The third-order valence-electron chi connectivity index (χ3n) is 4.68. The summed E-state index contributed by atoms with van der Waals surface area (Å²) in [6.45, 7) is 1.86. The Morgan fingerprint density at radius 2 is 1.47 bits per heavy atom. The van der Waals surface area contributed by atoms with Gasteiger partial charge in [-0.1, -0.05) is 30.3 Å². The minimum absolute atomic E-state index is 0.275. The van der Waals surface area contributed by atoms with Crippen molar-refractivity contribution in [3.05, 3.63) is 95.6 Å². The molecule has 160 valence electrons. The molecule has 0 bridgehead atoms. The maximum atomic E-state index is 12.4. The molecule has 3 aromatic carbocycles. The summed E-state index contributed by atoms with van der Waals surface area (Å²) in [6.07, 6.45) is 2.07. The molecule has 3 rings (SSSR count). The fraction of sp³-hybridized carbons (Fsp3) is 0.115. The molecule has 3 aromatic rings. The van der Waals surface area contributed by atoms with Gasteiger partial charge in [0.15, 0.2) is 0 Å². The number of hydrogen-bond donors (Lipinski definition) is 1. The first-order chi connectivity index (χ1) is 15.5. The Morgan fingerprint density at radius 3 is 2.03 bits per heavy atom. The fourth-order valence-electron chi connectivity index (χ4n) is 2.85. The smallest absolute Gasteiger partial charge is 0.343 e. The third-order valence-corrected chi connectivity index (χ3v) is 4.68. The molecule has 0 radical (unpaired) electrons. The fourth-order valence-corrected chi connectivity index (χ4v) is 2.85. The summed E-state index contributed by atoms with van der Waals surface area (Å²) in [6, 6.07) is 23.0. The van der Waals surface area contributed by atoms with Crippen LogP contribution in [0.1, 0.15) is 29.3 Å². The summed E-state index contributed by atoms with van der Waals surface area (Å²) < 4.78 is 11.0. The van der Waals surface area contributed by atoms with Crippen LogP contribution >= 0.6 is 0 Å². The zero-order valence-corrected chi connectivity index (χ0v) is 17.4. The SMILES string of the molecule is C/C(=C\CCOc1ccc(C(=O)Oc2ccc(-c3ccc(C#N)cc3)cc2)cc1)C(=O)O. The maximum Gasteiger partial charge on any atom is 0.343 e. The Kier molecular flexibility index (Phi) is 7.39. The van der Waals surface area contributed by atoms with Crippen molar-refractivity contribution in [1.29, 1.82) is 5.26 Å². The van der Waals surface area contributed by atoms with Crippen LogP contribution in [0.2, 0.25) is 0 Å². The van der Waals surface area contributed by atoms with Crippen LogP contribution in [-0.2, 0) is 4.79 Å². The van der Waals surface area contributed by atoms with Crippen molar-refractivity contribution in [2.45, 2.75) is 13.3 Å². The van der Waals surface area contributed by atoms with Crippen LogP contribution in [-0.4, -0.2) is 23.7 Å². The van der Waals surface area contributed by atoms with Gasteiger partial charge < -0.3 is 14.6 Å². The molecule has 1 N–H and O–H groups in total. The predicted molar refractivity (Wildman–Crippen MR) is 119 cm³/mol. The number of nitrogens with zero attached hydrogens (tertiary/aromatic N) is 1. The molecular weight excluding hydrogens is 406 g/mol. The number of aliphatic carboxylic acids is 1. The van der Waals surface area contributed by atoms with E-state index in [0.29, 0.717) is 35.7 Å². The highest BCUT2D eigenvalue weighted by atomic mass is 16.5. The van der Waals surface area contributed by atoms with Gasteiger partial charge in [-0.15, -0.1) is 0 Å². The highest BCUT2D eigenvalue weighted by molar-refractivity contribution is 5.91. The van der Waals surface area contributed by atoms with Gasteiger partial charge in [-0.25, -0.2) is 9.59 Å². The lowest BCUT2D eigenvalue weighted by Crippen LogP contribution is -2.08. The summed E-state index contributed by atoms with van der Waals surface area (Å²) in [5, 5.41) is 17.7. The number of hydrogen-bond acceptors (Lipinski definition) is 5. The summed E-state index contributed by atoms with van der Waals surface area (Å²) >= 11 is 0. The van der Waals surface area contributed by atoms with E-state index in [0.717, 1.165) is 11.1 Å². The molecule has 6 nitrogen and oxygen atoms in total. The standard InChI is InChI=1S/C26H21NO5/c1-18(25(28)29)3-2-16-31-23-12-10-22(11-13-23)26(30)32-24-14-8-21(9-15-24)20-6-4-19(17-27)5-7-20/h3-15H,2,16H2,1H3,(H,28,29)/b18-3+. The Morgan fingerprint density at radius 1 is 0.906 bits per heavy atom. The van der Waals surface area contributed by atoms with Gasteiger partial charge in [0.2, 0.25) is 0 Å². The van der Waals surface area contributed by atoms with E-state index in [1.54, 1.807) is 54.6 Å². The van der Waals surface area contributed by atoms with Crippen LogP contribution in [0.3, 0.4) is 0 Å². The van der Waals surface area contributed by atoms with E-state index >= 15 is 0 Å². The minimum atomic E-state index is -0.947. The van der Waals surface area contributed by atoms with E-state index in [1.165, 1.54) is 6.92 Å². The molecule has 0 unspecified atom stereocenters. The molecule has 0 spiro atoms. The minimum Gasteiger partial charge on any atom is -0.493 e. The zero-order chi connectivity index (χ0) is 22.9. The van der Waals surface area contributed by atoms with Gasteiger partial charge in [-0.05, 0) is 66.6 Å². The molecule has 0 saturated heterocycles. The molecule has 0 saturated carbocycles. The number of rotatable bonds is 8. The molecule has 0 heterocycles. The van der Waals surface area contributed by atoms with Crippen LogP contribution in [0, 0.1) is 11.3 Å². The molecule has 6 heteroatoms. The van der Waals surface area contributed by atoms with Gasteiger partial charge in [0.25, 0.3) is 0 Å². The Balaban J connectivity index is 1.54. The van der Waals surface area contributed by atoms with E-state index < -0.39 is 11.9 Å². The number of esters is 1. The van der Waals surface area contributed by atoms with E-state index in [-0.39, 0.29) is 5.57 Å². The van der Waals surface area contributed by atoms with Crippen LogP contribution in [0.5, 0.6) is 11.5 Å². The van der Waals surface area contributed by atoms with Crippen molar-refractivity contribution >= 4 is 11.9 Å².